The van der Waals surface area contributed by atoms with Crippen molar-refractivity contribution in [3.05, 3.63) is 95.6 Å². The van der Waals surface area contributed by atoms with Gasteiger partial charge in [-0.25, -0.2) is 8.42 Å². The Bertz CT molecular complexity index is 1170. The van der Waals surface area contributed by atoms with Gasteiger partial charge in [-0.05, 0) is 54.8 Å². The fourth-order valence-electron chi connectivity index (χ4n) is 3.49. The molecule has 0 bridgehead atoms. The van der Waals surface area contributed by atoms with Crippen molar-refractivity contribution < 1.29 is 18.0 Å². The van der Waals surface area contributed by atoms with E-state index in [1.165, 1.54) is 17.0 Å². The van der Waals surface area contributed by atoms with Gasteiger partial charge in [-0.15, -0.1) is 0 Å². The lowest BCUT2D eigenvalue weighted by molar-refractivity contribution is 0.0652. The number of carbonyl (C=O) groups excluding carboxylic acids is 2. The van der Waals surface area contributed by atoms with E-state index in [9.17, 15) is 18.0 Å². The van der Waals surface area contributed by atoms with E-state index in [4.69, 9.17) is 0 Å². The van der Waals surface area contributed by atoms with E-state index in [0.717, 1.165) is 5.56 Å². The van der Waals surface area contributed by atoms with Crippen molar-refractivity contribution in [2.75, 3.05) is 11.3 Å². The third kappa shape index (κ3) is 3.97. The highest BCUT2D eigenvalue weighted by atomic mass is 32.2. The monoisotopic (exact) mass is 420 g/mol. The van der Waals surface area contributed by atoms with Crippen molar-refractivity contribution >= 4 is 27.5 Å². The topological polar surface area (TPSA) is 83.6 Å². The fraction of sp³-hybridized carbons (Fsp3) is 0.130. The molecule has 1 aliphatic rings. The van der Waals surface area contributed by atoms with Gasteiger partial charge in [0.25, 0.3) is 21.8 Å². The average Bonchev–Trinajstić information content (AvgIpc) is 2.99. The number of carbonyl (C=O) groups is 2. The molecule has 0 aliphatic carbocycles. The Morgan fingerprint density at radius 2 is 1.40 bits per heavy atom. The van der Waals surface area contributed by atoms with Crippen molar-refractivity contribution in [3.63, 3.8) is 0 Å². The van der Waals surface area contributed by atoms with Gasteiger partial charge in [0.15, 0.2) is 0 Å². The molecule has 1 aliphatic heterocycles. The maximum Gasteiger partial charge on any atom is 0.261 e. The van der Waals surface area contributed by atoms with Gasteiger partial charge in [0.1, 0.15) is 0 Å². The SMILES string of the molecule is O=C1c2ccccc2C(=O)N1CCCc1cccc(NS(=O)(=O)c2ccccc2)c1. The second-order valence-corrected chi connectivity index (χ2v) is 8.71. The van der Waals surface area contributed by atoms with Gasteiger partial charge in [0, 0.05) is 12.2 Å². The lowest BCUT2D eigenvalue weighted by Gasteiger charge is -2.14. The molecule has 0 unspecified atom stereocenters. The van der Waals surface area contributed by atoms with Gasteiger partial charge in [-0.2, -0.15) is 0 Å². The molecule has 2 amide bonds. The zero-order valence-corrected chi connectivity index (χ0v) is 16.9. The van der Waals surface area contributed by atoms with E-state index in [1.807, 2.05) is 6.07 Å². The van der Waals surface area contributed by atoms with Crippen LogP contribution >= 0.6 is 0 Å². The molecule has 6 nitrogen and oxygen atoms in total. The molecule has 0 aromatic heterocycles. The van der Waals surface area contributed by atoms with Gasteiger partial charge < -0.3 is 0 Å². The molecule has 0 fully saturated rings. The summed E-state index contributed by atoms with van der Waals surface area (Å²) in [7, 11) is -3.66. The maximum atomic E-state index is 12.5. The molecular formula is C23H20N2O4S. The Morgan fingerprint density at radius 1 is 0.767 bits per heavy atom. The average molecular weight is 420 g/mol. The van der Waals surface area contributed by atoms with Gasteiger partial charge in [0.05, 0.1) is 16.0 Å². The highest BCUT2D eigenvalue weighted by Crippen LogP contribution is 2.23. The van der Waals surface area contributed by atoms with E-state index < -0.39 is 10.0 Å². The van der Waals surface area contributed by atoms with Gasteiger partial charge >= 0.3 is 0 Å². The van der Waals surface area contributed by atoms with Crippen LogP contribution in [0, 0.1) is 0 Å². The molecule has 4 rings (SSSR count). The number of sulfonamides is 1. The normalized spacial score (nSPS) is 13.4. The first-order chi connectivity index (χ1) is 14.5. The number of aryl methyl sites for hydroxylation is 1. The number of amides is 2. The predicted octanol–water partition coefficient (Wildman–Crippen LogP) is 3.72. The van der Waals surface area contributed by atoms with Gasteiger partial charge in [-0.3, -0.25) is 19.2 Å². The summed E-state index contributed by atoms with van der Waals surface area (Å²) in [5, 5.41) is 0. The molecule has 3 aromatic carbocycles. The highest BCUT2D eigenvalue weighted by Gasteiger charge is 2.34. The number of hydrogen-bond acceptors (Lipinski definition) is 4. The highest BCUT2D eigenvalue weighted by molar-refractivity contribution is 7.92. The Kier molecular flexibility index (Phi) is 5.37. The summed E-state index contributed by atoms with van der Waals surface area (Å²) in [6.07, 6.45) is 1.19. The molecule has 152 valence electrons. The molecule has 0 saturated carbocycles. The fourth-order valence-corrected chi connectivity index (χ4v) is 4.56. The standard InChI is InChI=1S/C23H20N2O4S/c26-22-20-13-4-5-14-21(20)23(27)25(22)15-7-9-17-8-6-10-18(16-17)24-30(28,29)19-11-2-1-3-12-19/h1-6,8,10-14,16,24H,7,9,15H2. The summed E-state index contributed by atoms with van der Waals surface area (Å²) in [4.78, 5) is 26.3. The van der Waals surface area contributed by atoms with Crippen LogP contribution in [0.3, 0.4) is 0 Å². The predicted molar refractivity (Wildman–Crippen MR) is 114 cm³/mol. The molecule has 0 saturated heterocycles. The second-order valence-electron chi connectivity index (χ2n) is 7.03. The van der Waals surface area contributed by atoms with Crippen molar-refractivity contribution in [1.82, 2.24) is 4.90 Å². The van der Waals surface area contributed by atoms with Crippen molar-refractivity contribution in [1.29, 1.82) is 0 Å². The number of rotatable bonds is 7. The van der Waals surface area contributed by atoms with Gasteiger partial charge in [-0.1, -0.05) is 42.5 Å². The minimum Gasteiger partial charge on any atom is -0.280 e. The minimum absolute atomic E-state index is 0.195. The molecular weight excluding hydrogens is 400 g/mol. The molecule has 3 aromatic rings. The van der Waals surface area contributed by atoms with Crippen LogP contribution in [0.25, 0.3) is 0 Å². The van der Waals surface area contributed by atoms with Crippen molar-refractivity contribution in [3.8, 4) is 0 Å². The number of imide groups is 1. The quantitative estimate of drug-likeness (QED) is 0.591. The number of nitrogens with zero attached hydrogens (tertiary/aromatic N) is 1. The molecule has 0 atom stereocenters. The Balaban J connectivity index is 1.39. The van der Waals surface area contributed by atoms with Crippen LogP contribution in [0.5, 0.6) is 0 Å². The summed E-state index contributed by atoms with van der Waals surface area (Å²) >= 11 is 0. The molecule has 1 N–H and O–H groups in total. The Labute approximate surface area is 175 Å². The van der Waals surface area contributed by atoms with Crippen LogP contribution in [0.2, 0.25) is 0 Å². The Hall–Kier alpha value is -3.45. The first-order valence-corrected chi connectivity index (χ1v) is 11.1. The molecule has 0 spiro atoms. The van der Waals surface area contributed by atoms with E-state index in [1.54, 1.807) is 60.7 Å². The number of benzene rings is 3. The van der Waals surface area contributed by atoms with Crippen LogP contribution in [-0.2, 0) is 16.4 Å². The first-order valence-electron chi connectivity index (χ1n) is 9.58. The summed E-state index contributed by atoms with van der Waals surface area (Å²) in [5.41, 5.74) is 2.27. The van der Waals surface area contributed by atoms with E-state index in [2.05, 4.69) is 4.72 Å². The molecule has 0 radical (unpaired) electrons. The minimum atomic E-state index is -3.66. The molecule has 1 heterocycles. The first kappa shape index (κ1) is 19.8. The van der Waals surface area contributed by atoms with Crippen LogP contribution in [0.1, 0.15) is 32.7 Å². The van der Waals surface area contributed by atoms with E-state index in [-0.39, 0.29) is 16.7 Å². The van der Waals surface area contributed by atoms with Crippen molar-refractivity contribution in [2.45, 2.75) is 17.7 Å². The number of hydrogen-bond donors (Lipinski definition) is 1. The Morgan fingerprint density at radius 3 is 2.07 bits per heavy atom. The lowest BCUT2D eigenvalue weighted by atomic mass is 10.1. The van der Waals surface area contributed by atoms with E-state index in [0.29, 0.717) is 36.2 Å². The molecule has 30 heavy (non-hydrogen) atoms. The van der Waals surface area contributed by atoms with Crippen molar-refractivity contribution in [2.24, 2.45) is 0 Å². The summed E-state index contributed by atoms with van der Waals surface area (Å²) in [6.45, 7) is 0.312. The van der Waals surface area contributed by atoms with Crippen LogP contribution < -0.4 is 4.72 Å². The second kappa shape index (κ2) is 8.12. The van der Waals surface area contributed by atoms with E-state index >= 15 is 0 Å². The lowest BCUT2D eigenvalue weighted by Crippen LogP contribution is -2.30. The van der Waals surface area contributed by atoms with Crippen LogP contribution in [0.4, 0.5) is 5.69 Å². The maximum absolute atomic E-state index is 12.5. The number of nitrogens with one attached hydrogen (secondary N) is 1. The zero-order valence-electron chi connectivity index (χ0n) is 16.1. The van der Waals surface area contributed by atoms with Gasteiger partial charge in [0.2, 0.25) is 0 Å². The summed E-state index contributed by atoms with van der Waals surface area (Å²) in [6, 6.07) is 22.1. The third-order valence-electron chi connectivity index (χ3n) is 4.96. The number of fused-ring (bicyclic) bond motifs is 1. The number of anilines is 1. The van der Waals surface area contributed by atoms with Crippen LogP contribution in [0.15, 0.2) is 83.8 Å². The smallest absolute Gasteiger partial charge is 0.261 e. The zero-order chi connectivity index (χ0) is 21.1. The largest absolute Gasteiger partial charge is 0.280 e. The summed E-state index contributed by atoms with van der Waals surface area (Å²) < 4.78 is 27.6. The summed E-state index contributed by atoms with van der Waals surface area (Å²) in [5.74, 6) is -0.528. The van der Waals surface area contributed by atoms with Crippen LogP contribution in [-0.4, -0.2) is 31.7 Å². The third-order valence-corrected chi connectivity index (χ3v) is 6.36. The molecule has 7 heteroatoms.